The molecule has 0 atom stereocenters. The molecule has 7 heteroatoms. The van der Waals surface area contributed by atoms with E-state index in [2.05, 4.69) is 41.4 Å². The van der Waals surface area contributed by atoms with E-state index in [1.165, 1.54) is 0 Å². The summed E-state index contributed by atoms with van der Waals surface area (Å²) < 4.78 is 6.39. The molecular weight excluding hydrogens is 358 g/mol. The van der Waals surface area contributed by atoms with Crippen molar-refractivity contribution in [1.82, 2.24) is 14.9 Å². The second-order valence-electron chi connectivity index (χ2n) is 5.28. The molecule has 3 rings (SSSR count). The van der Waals surface area contributed by atoms with Crippen LogP contribution in [0.1, 0.15) is 0 Å². The molecule has 6 nitrogen and oxygen atoms in total. The zero-order chi connectivity index (χ0) is 15.9. The van der Waals surface area contributed by atoms with Crippen LogP contribution in [0.2, 0.25) is 0 Å². The molecule has 1 aliphatic heterocycles. The number of hydrogen-bond acceptors (Lipinski definition) is 6. The smallest absolute Gasteiger partial charge is 0.229 e. The maximum atomic E-state index is 5.35. The Kier molecular flexibility index (Phi) is 5.79. The topological polar surface area (TPSA) is 62.3 Å². The molecule has 0 radical (unpaired) electrons. The normalized spacial score (nSPS) is 15.3. The number of benzene rings is 1. The fraction of sp³-hybridized carbons (Fsp3) is 0.375. The quantitative estimate of drug-likeness (QED) is 0.806. The van der Waals surface area contributed by atoms with Gasteiger partial charge in [0.05, 0.1) is 13.2 Å². The molecule has 1 aromatic heterocycles. The van der Waals surface area contributed by atoms with Crippen molar-refractivity contribution < 1.29 is 4.74 Å². The van der Waals surface area contributed by atoms with Crippen LogP contribution in [0.3, 0.4) is 0 Å². The zero-order valence-corrected chi connectivity index (χ0v) is 14.4. The van der Waals surface area contributed by atoms with Gasteiger partial charge in [-0.25, -0.2) is 4.98 Å². The van der Waals surface area contributed by atoms with E-state index in [1.807, 2.05) is 30.3 Å². The highest BCUT2D eigenvalue weighted by atomic mass is 79.9. The van der Waals surface area contributed by atoms with Gasteiger partial charge in [0.2, 0.25) is 5.95 Å². The van der Waals surface area contributed by atoms with Gasteiger partial charge in [-0.3, -0.25) is 4.90 Å². The molecule has 0 saturated carbocycles. The molecule has 1 fully saturated rings. The highest BCUT2D eigenvalue weighted by Crippen LogP contribution is 2.17. The molecule has 0 amide bonds. The zero-order valence-electron chi connectivity index (χ0n) is 12.8. The van der Waals surface area contributed by atoms with Gasteiger partial charge in [0.1, 0.15) is 5.82 Å². The van der Waals surface area contributed by atoms with Crippen molar-refractivity contribution >= 4 is 33.4 Å². The number of nitrogens with one attached hydrogen (secondary N) is 2. The van der Waals surface area contributed by atoms with E-state index in [0.717, 1.165) is 55.4 Å². The average molecular weight is 378 g/mol. The van der Waals surface area contributed by atoms with Crippen LogP contribution in [-0.4, -0.2) is 54.3 Å². The van der Waals surface area contributed by atoms with E-state index in [-0.39, 0.29) is 0 Å². The first-order valence-corrected chi connectivity index (χ1v) is 8.48. The summed E-state index contributed by atoms with van der Waals surface area (Å²) in [6.45, 7) is 5.50. The summed E-state index contributed by atoms with van der Waals surface area (Å²) in [6.07, 6.45) is 1.76. The van der Waals surface area contributed by atoms with Gasteiger partial charge in [-0.15, -0.1) is 0 Å². The lowest BCUT2D eigenvalue weighted by molar-refractivity contribution is 0.0398. The van der Waals surface area contributed by atoms with Crippen molar-refractivity contribution in [1.29, 1.82) is 0 Å². The molecule has 1 saturated heterocycles. The van der Waals surface area contributed by atoms with Crippen molar-refractivity contribution in [2.75, 3.05) is 50.0 Å². The van der Waals surface area contributed by atoms with E-state index >= 15 is 0 Å². The largest absolute Gasteiger partial charge is 0.379 e. The predicted octanol–water partition coefficient (Wildman–Crippen LogP) is 2.73. The Hall–Kier alpha value is -1.70. The standard InChI is InChI=1S/C16H20BrN5O/c17-13-1-3-14(4-2-13)20-16-19-6-5-15(21-16)18-7-8-22-9-11-23-12-10-22/h1-6H,7-12H2,(H2,18,19,20,21). The van der Waals surface area contributed by atoms with Crippen LogP contribution >= 0.6 is 15.9 Å². The van der Waals surface area contributed by atoms with Crippen LogP contribution in [0.5, 0.6) is 0 Å². The fourth-order valence-corrected chi connectivity index (χ4v) is 2.61. The van der Waals surface area contributed by atoms with Gasteiger partial charge in [0.25, 0.3) is 0 Å². The summed E-state index contributed by atoms with van der Waals surface area (Å²) in [7, 11) is 0. The maximum Gasteiger partial charge on any atom is 0.229 e. The van der Waals surface area contributed by atoms with Crippen LogP contribution in [-0.2, 0) is 4.74 Å². The first-order valence-electron chi connectivity index (χ1n) is 7.69. The average Bonchev–Trinajstić information content (AvgIpc) is 2.58. The molecule has 0 bridgehead atoms. The van der Waals surface area contributed by atoms with Crippen molar-refractivity contribution in [2.45, 2.75) is 0 Å². The molecule has 0 aliphatic carbocycles. The van der Waals surface area contributed by atoms with Gasteiger partial charge >= 0.3 is 0 Å². The Morgan fingerprint density at radius 1 is 1.13 bits per heavy atom. The van der Waals surface area contributed by atoms with E-state index in [9.17, 15) is 0 Å². The van der Waals surface area contributed by atoms with E-state index in [1.54, 1.807) is 6.20 Å². The number of aromatic nitrogens is 2. The highest BCUT2D eigenvalue weighted by Gasteiger charge is 2.09. The number of halogens is 1. The number of ether oxygens (including phenoxy) is 1. The van der Waals surface area contributed by atoms with Crippen LogP contribution in [0.4, 0.5) is 17.5 Å². The third kappa shape index (κ3) is 5.16. The molecular formula is C16H20BrN5O. The number of rotatable bonds is 6. The fourth-order valence-electron chi connectivity index (χ4n) is 2.35. The molecule has 2 aromatic rings. The van der Waals surface area contributed by atoms with E-state index < -0.39 is 0 Å². The van der Waals surface area contributed by atoms with Gasteiger partial charge < -0.3 is 15.4 Å². The number of nitrogens with zero attached hydrogens (tertiary/aromatic N) is 3. The van der Waals surface area contributed by atoms with Crippen molar-refractivity contribution in [2.24, 2.45) is 0 Å². The van der Waals surface area contributed by atoms with Gasteiger partial charge in [-0.05, 0) is 30.3 Å². The molecule has 0 spiro atoms. The lowest BCUT2D eigenvalue weighted by Gasteiger charge is -2.26. The maximum absolute atomic E-state index is 5.35. The predicted molar refractivity (Wildman–Crippen MR) is 95.2 cm³/mol. The summed E-state index contributed by atoms with van der Waals surface area (Å²) in [5.41, 5.74) is 0.957. The number of anilines is 3. The Labute approximate surface area is 144 Å². The minimum atomic E-state index is 0.587. The van der Waals surface area contributed by atoms with Crippen LogP contribution in [0.25, 0.3) is 0 Å². The number of hydrogen-bond donors (Lipinski definition) is 2. The summed E-state index contributed by atoms with van der Waals surface area (Å²) in [5, 5.41) is 6.55. The monoisotopic (exact) mass is 377 g/mol. The van der Waals surface area contributed by atoms with Gasteiger partial charge in [-0.1, -0.05) is 15.9 Å². The molecule has 122 valence electrons. The molecule has 1 aliphatic rings. The second-order valence-corrected chi connectivity index (χ2v) is 6.19. The molecule has 23 heavy (non-hydrogen) atoms. The minimum Gasteiger partial charge on any atom is -0.379 e. The third-order valence-corrected chi connectivity index (χ3v) is 4.12. The van der Waals surface area contributed by atoms with Crippen LogP contribution < -0.4 is 10.6 Å². The Morgan fingerprint density at radius 2 is 1.91 bits per heavy atom. The Balaban J connectivity index is 1.51. The van der Waals surface area contributed by atoms with Gasteiger partial charge in [0, 0.05) is 42.5 Å². The van der Waals surface area contributed by atoms with Crippen molar-refractivity contribution in [3.05, 3.63) is 41.0 Å². The Morgan fingerprint density at radius 3 is 2.70 bits per heavy atom. The van der Waals surface area contributed by atoms with Gasteiger partial charge in [0.15, 0.2) is 0 Å². The first kappa shape index (κ1) is 16.2. The first-order chi connectivity index (χ1) is 11.3. The summed E-state index contributed by atoms with van der Waals surface area (Å²) in [6, 6.07) is 9.80. The lowest BCUT2D eigenvalue weighted by atomic mass is 10.3. The summed E-state index contributed by atoms with van der Waals surface area (Å²) in [5.74, 6) is 1.41. The Bertz CT molecular complexity index is 616. The SMILES string of the molecule is Brc1ccc(Nc2nccc(NCCN3CCOCC3)n2)cc1. The van der Waals surface area contributed by atoms with E-state index in [4.69, 9.17) is 4.74 Å². The molecule has 1 aromatic carbocycles. The summed E-state index contributed by atoms with van der Waals surface area (Å²) >= 11 is 3.42. The summed E-state index contributed by atoms with van der Waals surface area (Å²) in [4.78, 5) is 11.1. The molecule has 2 N–H and O–H groups in total. The third-order valence-electron chi connectivity index (χ3n) is 3.59. The highest BCUT2D eigenvalue weighted by molar-refractivity contribution is 9.10. The second kappa shape index (κ2) is 8.24. The van der Waals surface area contributed by atoms with Gasteiger partial charge in [-0.2, -0.15) is 4.98 Å². The number of morpholine rings is 1. The van der Waals surface area contributed by atoms with Crippen molar-refractivity contribution in [3.8, 4) is 0 Å². The van der Waals surface area contributed by atoms with Crippen LogP contribution in [0.15, 0.2) is 41.0 Å². The molecule has 0 unspecified atom stereocenters. The van der Waals surface area contributed by atoms with Crippen molar-refractivity contribution in [3.63, 3.8) is 0 Å². The molecule has 2 heterocycles. The van der Waals surface area contributed by atoms with Crippen LogP contribution in [0, 0.1) is 0 Å². The lowest BCUT2D eigenvalue weighted by Crippen LogP contribution is -2.39. The van der Waals surface area contributed by atoms with E-state index in [0.29, 0.717) is 5.95 Å². The minimum absolute atomic E-state index is 0.587.